The van der Waals surface area contributed by atoms with Crippen LogP contribution in [0, 0.1) is 5.41 Å². The van der Waals surface area contributed by atoms with Gasteiger partial charge in [0.1, 0.15) is 0 Å². The molecule has 0 N–H and O–H groups in total. The number of unbranched alkanes of at least 4 members (excludes halogenated alkanes) is 1. The Morgan fingerprint density at radius 1 is 1.11 bits per heavy atom. The highest BCUT2D eigenvalue weighted by molar-refractivity contribution is 9.09. The van der Waals surface area contributed by atoms with Gasteiger partial charge in [-0.1, -0.05) is 73.3 Å². The summed E-state index contributed by atoms with van der Waals surface area (Å²) < 4.78 is 0. The van der Waals surface area contributed by atoms with E-state index in [1.807, 2.05) is 0 Å². The van der Waals surface area contributed by atoms with Gasteiger partial charge in [-0.3, -0.25) is 0 Å². The van der Waals surface area contributed by atoms with Crippen LogP contribution in [0.15, 0.2) is 24.3 Å². The molecule has 0 amide bonds. The summed E-state index contributed by atoms with van der Waals surface area (Å²) in [6.45, 7) is 4.61. The Balaban J connectivity index is 2.08. The van der Waals surface area contributed by atoms with E-state index in [0.29, 0.717) is 10.2 Å². The number of alkyl halides is 1. The first-order valence-electron chi connectivity index (χ1n) is 7.95. The Labute approximate surface area is 127 Å². The van der Waals surface area contributed by atoms with E-state index in [2.05, 4.69) is 54.0 Å². The Hall–Kier alpha value is -0.300. The molecule has 0 spiro atoms. The first-order valence-corrected chi connectivity index (χ1v) is 8.86. The van der Waals surface area contributed by atoms with Crippen molar-refractivity contribution in [3.8, 4) is 0 Å². The van der Waals surface area contributed by atoms with Crippen molar-refractivity contribution in [3.63, 3.8) is 0 Å². The van der Waals surface area contributed by atoms with Gasteiger partial charge in [-0.05, 0) is 48.6 Å². The third-order valence-electron chi connectivity index (χ3n) is 4.93. The fraction of sp³-hybridized carbons (Fsp3) is 0.667. The second kappa shape index (κ2) is 6.92. The highest BCUT2D eigenvalue weighted by Crippen LogP contribution is 2.53. The SMILES string of the molecule is CCCCc1ccc(C(Br)C2(CC)CCCC2)cc1. The van der Waals surface area contributed by atoms with Crippen molar-refractivity contribution in [2.75, 3.05) is 0 Å². The van der Waals surface area contributed by atoms with E-state index in [1.54, 1.807) is 0 Å². The van der Waals surface area contributed by atoms with Crippen LogP contribution in [-0.4, -0.2) is 0 Å². The van der Waals surface area contributed by atoms with Gasteiger partial charge in [0.15, 0.2) is 0 Å². The molecule has 1 heteroatoms. The molecule has 19 heavy (non-hydrogen) atoms. The first-order chi connectivity index (χ1) is 9.22. The van der Waals surface area contributed by atoms with Crippen LogP contribution >= 0.6 is 15.9 Å². The third kappa shape index (κ3) is 3.42. The van der Waals surface area contributed by atoms with Gasteiger partial charge in [0.25, 0.3) is 0 Å². The van der Waals surface area contributed by atoms with Crippen molar-refractivity contribution in [2.45, 2.75) is 70.0 Å². The molecule has 1 fully saturated rings. The molecule has 1 unspecified atom stereocenters. The molecular formula is C18H27Br. The van der Waals surface area contributed by atoms with E-state index in [-0.39, 0.29) is 0 Å². The third-order valence-corrected chi connectivity index (χ3v) is 6.43. The summed E-state index contributed by atoms with van der Waals surface area (Å²) in [6.07, 6.45) is 10.7. The molecule has 1 aliphatic rings. The molecule has 106 valence electrons. The summed E-state index contributed by atoms with van der Waals surface area (Å²) in [6, 6.07) is 9.36. The van der Waals surface area contributed by atoms with Gasteiger partial charge in [-0.25, -0.2) is 0 Å². The van der Waals surface area contributed by atoms with Gasteiger partial charge in [0, 0.05) is 4.83 Å². The maximum absolute atomic E-state index is 4.01. The molecule has 1 aromatic rings. The molecule has 0 aromatic heterocycles. The van der Waals surface area contributed by atoms with Gasteiger partial charge in [0.2, 0.25) is 0 Å². The Bertz CT molecular complexity index is 373. The van der Waals surface area contributed by atoms with E-state index in [0.717, 1.165) is 0 Å². The van der Waals surface area contributed by atoms with E-state index in [9.17, 15) is 0 Å². The van der Waals surface area contributed by atoms with Crippen LogP contribution in [0.5, 0.6) is 0 Å². The number of hydrogen-bond donors (Lipinski definition) is 0. The second-order valence-corrected chi connectivity index (χ2v) is 7.05. The topological polar surface area (TPSA) is 0 Å². The number of hydrogen-bond acceptors (Lipinski definition) is 0. The predicted octanol–water partition coefficient (Wildman–Crippen LogP) is 6.44. The zero-order chi connectivity index (χ0) is 13.7. The van der Waals surface area contributed by atoms with Gasteiger partial charge in [0.05, 0.1) is 0 Å². The average molecular weight is 323 g/mol. The van der Waals surface area contributed by atoms with E-state index in [1.165, 1.54) is 62.5 Å². The molecule has 1 saturated carbocycles. The van der Waals surface area contributed by atoms with Crippen molar-refractivity contribution >= 4 is 15.9 Å². The van der Waals surface area contributed by atoms with Crippen LogP contribution in [0.1, 0.15) is 74.7 Å². The average Bonchev–Trinajstić information content (AvgIpc) is 2.95. The lowest BCUT2D eigenvalue weighted by atomic mass is 9.77. The largest absolute Gasteiger partial charge is 0.0833 e. The highest BCUT2D eigenvalue weighted by Gasteiger charge is 2.38. The summed E-state index contributed by atoms with van der Waals surface area (Å²) in [4.78, 5) is 0.535. The van der Waals surface area contributed by atoms with Crippen molar-refractivity contribution < 1.29 is 0 Å². The number of rotatable bonds is 6. The first kappa shape index (κ1) is 15.1. The van der Waals surface area contributed by atoms with Gasteiger partial charge in [-0.2, -0.15) is 0 Å². The van der Waals surface area contributed by atoms with Crippen LogP contribution in [0.3, 0.4) is 0 Å². The number of halogens is 1. The second-order valence-electron chi connectivity index (χ2n) is 6.13. The molecule has 0 bridgehead atoms. The Kier molecular flexibility index (Phi) is 5.50. The maximum atomic E-state index is 4.01. The van der Waals surface area contributed by atoms with Crippen molar-refractivity contribution in [3.05, 3.63) is 35.4 Å². The van der Waals surface area contributed by atoms with Crippen LogP contribution in [0.2, 0.25) is 0 Å². The van der Waals surface area contributed by atoms with Crippen LogP contribution < -0.4 is 0 Å². The normalized spacial score (nSPS) is 19.5. The zero-order valence-corrected chi connectivity index (χ0v) is 14.0. The molecule has 0 aliphatic heterocycles. The van der Waals surface area contributed by atoms with Crippen LogP contribution in [-0.2, 0) is 6.42 Å². The molecule has 0 saturated heterocycles. The lowest BCUT2D eigenvalue weighted by molar-refractivity contribution is 0.279. The minimum atomic E-state index is 0.505. The van der Waals surface area contributed by atoms with Crippen molar-refractivity contribution in [1.29, 1.82) is 0 Å². The standard InChI is InChI=1S/C18H27Br/c1-3-5-8-15-9-11-16(12-10-15)17(19)18(4-2)13-6-7-14-18/h9-12,17H,3-8,13-14H2,1-2H3. The summed E-state index contributed by atoms with van der Waals surface area (Å²) in [5, 5.41) is 0. The van der Waals surface area contributed by atoms with Crippen molar-refractivity contribution in [2.24, 2.45) is 5.41 Å². The quantitative estimate of drug-likeness (QED) is 0.529. The monoisotopic (exact) mass is 322 g/mol. The fourth-order valence-electron chi connectivity index (χ4n) is 3.45. The Morgan fingerprint density at radius 2 is 1.74 bits per heavy atom. The molecule has 1 aromatic carbocycles. The van der Waals surface area contributed by atoms with Gasteiger partial charge in [-0.15, -0.1) is 0 Å². The molecule has 1 atom stereocenters. The van der Waals surface area contributed by atoms with E-state index >= 15 is 0 Å². The molecule has 0 radical (unpaired) electrons. The minimum absolute atomic E-state index is 0.505. The minimum Gasteiger partial charge on any atom is -0.0833 e. The number of benzene rings is 1. The summed E-state index contributed by atoms with van der Waals surface area (Å²) in [5.74, 6) is 0. The summed E-state index contributed by atoms with van der Waals surface area (Å²) in [7, 11) is 0. The lowest BCUT2D eigenvalue weighted by Crippen LogP contribution is -2.21. The predicted molar refractivity (Wildman–Crippen MR) is 87.9 cm³/mol. The zero-order valence-electron chi connectivity index (χ0n) is 12.4. The fourth-order valence-corrected chi connectivity index (χ4v) is 4.54. The molecule has 2 rings (SSSR count). The maximum Gasteiger partial charge on any atom is 0.0451 e. The van der Waals surface area contributed by atoms with Crippen LogP contribution in [0.4, 0.5) is 0 Å². The highest BCUT2D eigenvalue weighted by atomic mass is 79.9. The van der Waals surface area contributed by atoms with Gasteiger partial charge < -0.3 is 0 Å². The molecule has 0 heterocycles. The smallest absolute Gasteiger partial charge is 0.0451 e. The van der Waals surface area contributed by atoms with E-state index in [4.69, 9.17) is 0 Å². The van der Waals surface area contributed by atoms with Crippen molar-refractivity contribution in [1.82, 2.24) is 0 Å². The molecule has 1 aliphatic carbocycles. The summed E-state index contributed by atoms with van der Waals surface area (Å²) >= 11 is 4.01. The van der Waals surface area contributed by atoms with Gasteiger partial charge >= 0.3 is 0 Å². The van der Waals surface area contributed by atoms with Crippen LogP contribution in [0.25, 0.3) is 0 Å². The molecular weight excluding hydrogens is 296 g/mol. The summed E-state index contributed by atoms with van der Waals surface area (Å²) in [5.41, 5.74) is 3.47. The van der Waals surface area contributed by atoms with E-state index < -0.39 is 0 Å². The lowest BCUT2D eigenvalue weighted by Gasteiger charge is -2.33. The number of aryl methyl sites for hydroxylation is 1. The molecule has 0 nitrogen and oxygen atoms in total. The Morgan fingerprint density at radius 3 is 2.26 bits per heavy atom.